The first-order valence-corrected chi connectivity index (χ1v) is 8.40. The van der Waals surface area contributed by atoms with Gasteiger partial charge in [-0.15, -0.1) is 11.3 Å². The Bertz CT molecular complexity index is 717. The molecule has 2 rings (SSSR count). The lowest BCUT2D eigenvalue weighted by Crippen LogP contribution is -2.36. The number of anilines is 2. The second-order valence-electron chi connectivity index (χ2n) is 5.79. The van der Waals surface area contributed by atoms with Gasteiger partial charge < -0.3 is 10.6 Å². The van der Waals surface area contributed by atoms with E-state index in [4.69, 9.17) is 0 Å². The lowest BCUT2D eigenvalue weighted by atomic mass is 10.2. The predicted octanol–water partition coefficient (Wildman–Crippen LogP) is 4.12. The number of halogens is 5. The van der Waals surface area contributed by atoms with Gasteiger partial charge in [0.2, 0.25) is 11.9 Å². The molecule has 2 atom stereocenters. The third kappa shape index (κ3) is 5.19. The van der Waals surface area contributed by atoms with E-state index in [2.05, 4.69) is 30.6 Å². The minimum Gasteiger partial charge on any atom is -0.346 e. The van der Waals surface area contributed by atoms with Crippen LogP contribution in [-0.2, 0) is 0 Å². The van der Waals surface area contributed by atoms with E-state index in [-0.39, 0.29) is 17.7 Å². The molecule has 0 spiro atoms. The van der Waals surface area contributed by atoms with E-state index in [0.717, 1.165) is 6.92 Å². The van der Waals surface area contributed by atoms with Gasteiger partial charge >= 0.3 is 6.18 Å². The number of alkyl halides is 5. The van der Waals surface area contributed by atoms with Crippen molar-refractivity contribution in [2.75, 3.05) is 10.6 Å². The van der Waals surface area contributed by atoms with Crippen molar-refractivity contribution >= 4 is 23.2 Å². The van der Waals surface area contributed by atoms with Gasteiger partial charge in [-0.05, 0) is 20.8 Å². The summed E-state index contributed by atoms with van der Waals surface area (Å²) in [5.41, 5.74) is 0.316. The molecule has 0 radical (unpaired) electrons. The molecule has 0 aliphatic heterocycles. The summed E-state index contributed by atoms with van der Waals surface area (Å²) in [6, 6.07) is -3.28. The second-order valence-corrected chi connectivity index (χ2v) is 6.85. The van der Waals surface area contributed by atoms with Crippen molar-refractivity contribution in [2.24, 2.45) is 0 Å². The molecule has 0 amide bonds. The van der Waals surface area contributed by atoms with Crippen LogP contribution in [0.2, 0.25) is 0 Å². The quantitative estimate of drug-likeness (QED) is 0.716. The Labute approximate surface area is 150 Å². The van der Waals surface area contributed by atoms with Crippen molar-refractivity contribution in [2.45, 2.75) is 51.9 Å². The molecule has 2 aromatic heterocycles. The summed E-state index contributed by atoms with van der Waals surface area (Å²) < 4.78 is 65.1. The fourth-order valence-electron chi connectivity index (χ4n) is 1.68. The number of nitrogens with one attached hydrogen (secondary N) is 2. The molecule has 0 saturated heterocycles. The number of thiazole rings is 1. The lowest BCUT2D eigenvalue weighted by Gasteiger charge is -2.21. The van der Waals surface area contributed by atoms with Gasteiger partial charge in [0.15, 0.2) is 5.82 Å². The monoisotopic (exact) mass is 396 g/mol. The number of hydrogen-bond acceptors (Lipinski definition) is 7. The smallest absolute Gasteiger partial charge is 0.346 e. The van der Waals surface area contributed by atoms with Crippen molar-refractivity contribution in [3.05, 3.63) is 10.4 Å². The molecular formula is C14H17F5N6S. The third-order valence-corrected chi connectivity index (χ3v) is 4.20. The highest BCUT2D eigenvalue weighted by Crippen LogP contribution is 2.26. The Kier molecular flexibility index (Phi) is 5.64. The minimum absolute atomic E-state index is 0.0182. The SMILES string of the molecule is Cc1nc(-c2nc(N[C@H](C)C(C)(F)F)nc(N[C@H](C)C(F)(F)F)n2)cs1. The number of rotatable bonds is 6. The summed E-state index contributed by atoms with van der Waals surface area (Å²) >= 11 is 1.29. The maximum absolute atomic E-state index is 13.4. The van der Waals surface area contributed by atoms with Gasteiger partial charge in [0.05, 0.1) is 11.0 Å². The fourth-order valence-corrected chi connectivity index (χ4v) is 2.27. The van der Waals surface area contributed by atoms with Crippen LogP contribution in [0.5, 0.6) is 0 Å². The summed E-state index contributed by atoms with van der Waals surface area (Å²) in [4.78, 5) is 15.8. The predicted molar refractivity (Wildman–Crippen MR) is 88.5 cm³/mol. The van der Waals surface area contributed by atoms with Crippen LogP contribution >= 0.6 is 11.3 Å². The van der Waals surface area contributed by atoms with E-state index in [1.807, 2.05) is 0 Å². The first-order chi connectivity index (χ1) is 11.9. The van der Waals surface area contributed by atoms with Crippen LogP contribution in [-0.4, -0.2) is 44.1 Å². The zero-order chi connectivity index (χ0) is 19.7. The maximum atomic E-state index is 13.4. The van der Waals surface area contributed by atoms with Gasteiger partial charge in [0.25, 0.3) is 5.92 Å². The van der Waals surface area contributed by atoms with Gasteiger partial charge in [0, 0.05) is 12.3 Å². The molecular weight excluding hydrogens is 379 g/mol. The molecule has 2 heterocycles. The highest BCUT2D eigenvalue weighted by molar-refractivity contribution is 7.09. The van der Waals surface area contributed by atoms with Crippen molar-refractivity contribution < 1.29 is 22.0 Å². The summed E-state index contributed by atoms with van der Waals surface area (Å²) in [5, 5.41) is 6.82. The summed E-state index contributed by atoms with van der Waals surface area (Å²) in [6.07, 6.45) is -4.53. The molecule has 12 heteroatoms. The maximum Gasteiger partial charge on any atom is 0.408 e. The average molecular weight is 396 g/mol. The van der Waals surface area contributed by atoms with Crippen LogP contribution in [0.3, 0.4) is 0 Å². The van der Waals surface area contributed by atoms with Crippen LogP contribution in [0.4, 0.5) is 33.8 Å². The van der Waals surface area contributed by atoms with Crippen molar-refractivity contribution in [1.29, 1.82) is 0 Å². The topological polar surface area (TPSA) is 75.6 Å². The molecule has 0 aliphatic carbocycles. The van der Waals surface area contributed by atoms with E-state index in [1.165, 1.54) is 18.3 Å². The first-order valence-electron chi connectivity index (χ1n) is 7.52. The Morgan fingerprint density at radius 2 is 1.46 bits per heavy atom. The van der Waals surface area contributed by atoms with E-state index < -0.39 is 24.2 Å². The van der Waals surface area contributed by atoms with Crippen LogP contribution in [0, 0.1) is 6.92 Å². The first kappa shape index (κ1) is 20.2. The molecule has 0 aromatic carbocycles. The van der Waals surface area contributed by atoms with E-state index in [1.54, 1.807) is 12.3 Å². The Balaban J connectivity index is 2.39. The molecule has 0 bridgehead atoms. The van der Waals surface area contributed by atoms with E-state index >= 15 is 0 Å². The molecule has 2 N–H and O–H groups in total. The number of nitrogens with zero attached hydrogens (tertiary/aromatic N) is 4. The van der Waals surface area contributed by atoms with Gasteiger partial charge in [-0.25, -0.2) is 13.8 Å². The zero-order valence-electron chi connectivity index (χ0n) is 14.3. The van der Waals surface area contributed by atoms with Gasteiger partial charge in [-0.3, -0.25) is 0 Å². The van der Waals surface area contributed by atoms with Crippen LogP contribution in [0.25, 0.3) is 11.5 Å². The largest absolute Gasteiger partial charge is 0.408 e. The molecule has 0 aliphatic rings. The van der Waals surface area contributed by atoms with Crippen molar-refractivity contribution in [3.63, 3.8) is 0 Å². The fraction of sp³-hybridized carbons (Fsp3) is 0.571. The molecule has 6 nitrogen and oxygen atoms in total. The molecule has 26 heavy (non-hydrogen) atoms. The van der Waals surface area contributed by atoms with Gasteiger partial charge in [0.1, 0.15) is 11.7 Å². The Morgan fingerprint density at radius 3 is 1.88 bits per heavy atom. The number of hydrogen-bond donors (Lipinski definition) is 2. The number of aryl methyl sites for hydroxylation is 1. The van der Waals surface area contributed by atoms with Crippen LogP contribution < -0.4 is 10.6 Å². The Hall–Kier alpha value is -2.11. The third-order valence-electron chi connectivity index (χ3n) is 3.43. The standard InChI is InChI=1S/C14H17F5N6S/c1-6(13(4,15)16)20-11-23-10(9-5-26-8(3)22-9)24-12(25-11)21-7(2)14(17,18)19/h5-7H,1-4H3,(H2,20,21,23,24,25)/t6-,7-/m1/s1. The van der Waals surface area contributed by atoms with Crippen LogP contribution in [0.1, 0.15) is 25.8 Å². The van der Waals surface area contributed by atoms with Gasteiger partial charge in [-0.2, -0.15) is 28.1 Å². The number of aromatic nitrogens is 4. The Morgan fingerprint density at radius 1 is 0.923 bits per heavy atom. The minimum atomic E-state index is -4.53. The molecule has 144 valence electrons. The molecule has 0 fully saturated rings. The van der Waals surface area contributed by atoms with Crippen molar-refractivity contribution in [3.8, 4) is 11.5 Å². The molecule has 2 aromatic rings. The van der Waals surface area contributed by atoms with Crippen molar-refractivity contribution in [1.82, 2.24) is 19.9 Å². The summed E-state index contributed by atoms with van der Waals surface area (Å²) in [6.45, 7) is 4.55. The highest BCUT2D eigenvalue weighted by atomic mass is 32.1. The van der Waals surface area contributed by atoms with Gasteiger partial charge in [-0.1, -0.05) is 0 Å². The normalized spacial score (nSPS) is 14.8. The lowest BCUT2D eigenvalue weighted by molar-refractivity contribution is -0.138. The second kappa shape index (κ2) is 7.25. The highest BCUT2D eigenvalue weighted by Gasteiger charge is 2.37. The summed E-state index contributed by atoms with van der Waals surface area (Å²) in [7, 11) is 0. The van der Waals surface area contributed by atoms with E-state index in [0.29, 0.717) is 17.6 Å². The average Bonchev–Trinajstić information content (AvgIpc) is 2.91. The molecule has 0 unspecified atom stereocenters. The zero-order valence-corrected chi connectivity index (χ0v) is 15.1. The van der Waals surface area contributed by atoms with E-state index in [9.17, 15) is 22.0 Å². The summed E-state index contributed by atoms with van der Waals surface area (Å²) in [5.74, 6) is -3.77. The molecule has 0 saturated carbocycles. The van der Waals surface area contributed by atoms with Crippen LogP contribution in [0.15, 0.2) is 5.38 Å².